The molecular formula is C14H28N4O2. The standard InChI is InChI=1S/C14H28N4O2/c1-4-7-12(13(15)16-20)14(19)17(3)10-11-8-6-9-18(11)5-2/h11-12,20H,4-10H2,1-3H3,(H2,15,16). The van der Waals surface area contributed by atoms with Crippen molar-refractivity contribution in [3.05, 3.63) is 0 Å². The predicted octanol–water partition coefficient (Wildman–Crippen LogP) is 1.09. The molecule has 1 heterocycles. The molecule has 2 unspecified atom stereocenters. The number of rotatable bonds is 7. The topological polar surface area (TPSA) is 82.2 Å². The van der Waals surface area contributed by atoms with Gasteiger partial charge in [-0.15, -0.1) is 0 Å². The molecule has 116 valence electrons. The minimum absolute atomic E-state index is 0.0162. The van der Waals surface area contributed by atoms with Crippen molar-refractivity contribution in [1.82, 2.24) is 9.80 Å². The van der Waals surface area contributed by atoms with Crippen LogP contribution in [0.3, 0.4) is 0 Å². The van der Waals surface area contributed by atoms with Crippen LogP contribution in [-0.2, 0) is 4.79 Å². The van der Waals surface area contributed by atoms with Crippen molar-refractivity contribution in [3.63, 3.8) is 0 Å². The first-order chi connectivity index (χ1) is 9.54. The van der Waals surface area contributed by atoms with Crippen LogP contribution in [0.1, 0.15) is 39.5 Å². The van der Waals surface area contributed by atoms with Crippen molar-refractivity contribution in [2.75, 3.05) is 26.7 Å². The average Bonchev–Trinajstić information content (AvgIpc) is 2.90. The molecule has 1 aliphatic heterocycles. The van der Waals surface area contributed by atoms with E-state index < -0.39 is 5.92 Å². The fourth-order valence-electron chi connectivity index (χ4n) is 2.95. The maximum Gasteiger partial charge on any atom is 0.233 e. The smallest absolute Gasteiger partial charge is 0.233 e. The van der Waals surface area contributed by atoms with Crippen LogP contribution in [0.5, 0.6) is 0 Å². The highest BCUT2D eigenvalue weighted by molar-refractivity contribution is 6.01. The molecule has 0 aromatic carbocycles. The van der Waals surface area contributed by atoms with Crippen molar-refractivity contribution in [1.29, 1.82) is 0 Å². The third-order valence-corrected chi connectivity index (χ3v) is 4.11. The Labute approximate surface area is 121 Å². The lowest BCUT2D eigenvalue weighted by molar-refractivity contribution is -0.132. The van der Waals surface area contributed by atoms with E-state index in [0.717, 1.165) is 25.9 Å². The molecule has 1 amide bonds. The summed E-state index contributed by atoms with van der Waals surface area (Å²) in [6, 6.07) is 0.434. The van der Waals surface area contributed by atoms with Gasteiger partial charge in [-0.05, 0) is 32.4 Å². The zero-order valence-corrected chi connectivity index (χ0v) is 12.9. The third-order valence-electron chi connectivity index (χ3n) is 4.11. The minimum atomic E-state index is -0.508. The molecule has 1 saturated heterocycles. The van der Waals surface area contributed by atoms with E-state index in [1.807, 2.05) is 14.0 Å². The molecule has 0 aliphatic carbocycles. The summed E-state index contributed by atoms with van der Waals surface area (Å²) in [5.41, 5.74) is 5.65. The lowest BCUT2D eigenvalue weighted by atomic mass is 10.0. The van der Waals surface area contributed by atoms with Crippen LogP contribution >= 0.6 is 0 Å². The predicted molar refractivity (Wildman–Crippen MR) is 79.7 cm³/mol. The first-order valence-corrected chi connectivity index (χ1v) is 7.51. The molecule has 0 saturated carbocycles. The van der Waals surface area contributed by atoms with Gasteiger partial charge in [0.2, 0.25) is 5.91 Å². The number of hydrogen-bond donors (Lipinski definition) is 2. The Balaban J connectivity index is 2.64. The minimum Gasteiger partial charge on any atom is -0.409 e. The first-order valence-electron chi connectivity index (χ1n) is 7.51. The fraction of sp³-hybridized carbons (Fsp3) is 0.857. The Morgan fingerprint density at radius 3 is 2.80 bits per heavy atom. The number of nitrogens with two attached hydrogens (primary N) is 1. The Morgan fingerprint density at radius 2 is 2.25 bits per heavy atom. The average molecular weight is 284 g/mol. The second kappa shape index (κ2) is 8.09. The van der Waals surface area contributed by atoms with E-state index in [1.54, 1.807) is 4.90 Å². The van der Waals surface area contributed by atoms with Gasteiger partial charge in [0.25, 0.3) is 0 Å². The van der Waals surface area contributed by atoms with Crippen LogP contribution in [0, 0.1) is 5.92 Å². The fourth-order valence-corrected chi connectivity index (χ4v) is 2.95. The van der Waals surface area contributed by atoms with Crippen molar-refractivity contribution in [3.8, 4) is 0 Å². The van der Waals surface area contributed by atoms with Crippen LogP contribution in [0.4, 0.5) is 0 Å². The van der Waals surface area contributed by atoms with E-state index in [1.165, 1.54) is 6.42 Å². The van der Waals surface area contributed by atoms with Crippen LogP contribution in [-0.4, -0.2) is 59.5 Å². The number of hydrogen-bond acceptors (Lipinski definition) is 4. The molecule has 0 bridgehead atoms. The van der Waals surface area contributed by atoms with Crippen molar-refractivity contribution in [2.45, 2.75) is 45.6 Å². The molecule has 6 nitrogen and oxygen atoms in total. The number of carbonyl (C=O) groups excluding carboxylic acids is 1. The van der Waals surface area contributed by atoms with Gasteiger partial charge in [-0.25, -0.2) is 0 Å². The molecule has 1 rings (SSSR count). The monoisotopic (exact) mass is 284 g/mol. The Kier molecular flexibility index (Phi) is 6.78. The van der Waals surface area contributed by atoms with Crippen LogP contribution in [0.25, 0.3) is 0 Å². The van der Waals surface area contributed by atoms with E-state index in [9.17, 15) is 4.79 Å². The molecule has 0 aromatic heterocycles. The van der Waals surface area contributed by atoms with Gasteiger partial charge in [0.15, 0.2) is 5.84 Å². The summed E-state index contributed by atoms with van der Waals surface area (Å²) in [6.07, 6.45) is 3.76. The van der Waals surface area contributed by atoms with E-state index in [4.69, 9.17) is 10.9 Å². The number of oxime groups is 1. The van der Waals surface area contributed by atoms with E-state index in [-0.39, 0.29) is 11.7 Å². The number of nitrogens with zero attached hydrogens (tertiary/aromatic N) is 3. The Hall–Kier alpha value is -1.30. The molecular weight excluding hydrogens is 256 g/mol. The molecule has 0 spiro atoms. The molecule has 6 heteroatoms. The van der Waals surface area contributed by atoms with Crippen molar-refractivity contribution in [2.24, 2.45) is 16.8 Å². The van der Waals surface area contributed by atoms with Gasteiger partial charge >= 0.3 is 0 Å². The van der Waals surface area contributed by atoms with Gasteiger partial charge in [-0.3, -0.25) is 9.69 Å². The van der Waals surface area contributed by atoms with Crippen LogP contribution < -0.4 is 5.73 Å². The zero-order chi connectivity index (χ0) is 15.1. The molecule has 0 radical (unpaired) electrons. The zero-order valence-electron chi connectivity index (χ0n) is 12.9. The summed E-state index contributed by atoms with van der Waals surface area (Å²) < 4.78 is 0. The van der Waals surface area contributed by atoms with Gasteiger partial charge in [0, 0.05) is 19.6 Å². The maximum absolute atomic E-state index is 12.5. The summed E-state index contributed by atoms with van der Waals surface area (Å²) in [7, 11) is 1.81. The Bertz CT molecular complexity index is 346. The van der Waals surface area contributed by atoms with Gasteiger partial charge in [0.1, 0.15) is 0 Å². The lowest BCUT2D eigenvalue weighted by Crippen LogP contribution is -2.45. The van der Waals surface area contributed by atoms with E-state index in [2.05, 4.69) is 17.0 Å². The molecule has 1 aliphatic rings. The number of amides is 1. The molecule has 3 N–H and O–H groups in total. The highest BCUT2D eigenvalue weighted by atomic mass is 16.4. The second-order valence-corrected chi connectivity index (χ2v) is 5.51. The van der Waals surface area contributed by atoms with Gasteiger partial charge in [0.05, 0.1) is 5.92 Å². The van der Waals surface area contributed by atoms with Crippen molar-refractivity contribution >= 4 is 11.7 Å². The lowest BCUT2D eigenvalue weighted by Gasteiger charge is -2.29. The first kappa shape index (κ1) is 16.8. The highest BCUT2D eigenvalue weighted by Gasteiger charge is 2.29. The number of carbonyl (C=O) groups is 1. The van der Waals surface area contributed by atoms with E-state index >= 15 is 0 Å². The third kappa shape index (κ3) is 4.10. The van der Waals surface area contributed by atoms with E-state index in [0.29, 0.717) is 19.0 Å². The molecule has 1 fully saturated rings. The maximum atomic E-state index is 12.5. The summed E-state index contributed by atoms with van der Waals surface area (Å²) in [5, 5.41) is 11.8. The highest BCUT2D eigenvalue weighted by Crippen LogP contribution is 2.18. The summed E-state index contributed by atoms with van der Waals surface area (Å²) in [4.78, 5) is 16.6. The van der Waals surface area contributed by atoms with Crippen LogP contribution in [0.15, 0.2) is 5.16 Å². The number of amidine groups is 1. The second-order valence-electron chi connectivity index (χ2n) is 5.51. The molecule has 2 atom stereocenters. The van der Waals surface area contributed by atoms with Gasteiger partial charge < -0.3 is 15.8 Å². The number of likely N-dealkylation sites (tertiary alicyclic amines) is 1. The van der Waals surface area contributed by atoms with Gasteiger partial charge in [-0.1, -0.05) is 25.4 Å². The van der Waals surface area contributed by atoms with Crippen LogP contribution in [0.2, 0.25) is 0 Å². The quantitative estimate of drug-likeness (QED) is 0.317. The summed E-state index contributed by atoms with van der Waals surface area (Å²) >= 11 is 0. The van der Waals surface area contributed by atoms with Crippen molar-refractivity contribution < 1.29 is 10.0 Å². The number of likely N-dealkylation sites (N-methyl/N-ethyl adjacent to an activating group) is 2. The Morgan fingerprint density at radius 1 is 1.55 bits per heavy atom. The summed E-state index contributed by atoms with van der Waals surface area (Å²) in [6.45, 7) is 6.98. The normalized spacial score (nSPS) is 21.9. The molecule has 0 aromatic rings. The largest absolute Gasteiger partial charge is 0.409 e. The SMILES string of the molecule is CCCC(C(=O)N(C)CC1CCCN1CC)C(N)=NO. The summed E-state index contributed by atoms with van der Waals surface area (Å²) in [5.74, 6) is -0.543. The molecule has 20 heavy (non-hydrogen) atoms. The van der Waals surface area contributed by atoms with Gasteiger partial charge in [-0.2, -0.15) is 0 Å².